The molecule has 8 aromatic carbocycles. The highest BCUT2D eigenvalue weighted by molar-refractivity contribution is 6.42. The van der Waals surface area contributed by atoms with Gasteiger partial charge in [-0.25, -0.2) is 0 Å². The number of hydrogen-bond donors (Lipinski definition) is 5. The molecule has 0 aliphatic carbocycles. The molecule has 0 radical (unpaired) electrons. The average molecular weight is 1490 g/mol. The van der Waals surface area contributed by atoms with Gasteiger partial charge in [-0.1, -0.05) is 151 Å². The van der Waals surface area contributed by atoms with Crippen LogP contribution in [0.5, 0.6) is 40.2 Å². The smallest absolute Gasteiger partial charge is 0.460 e. The van der Waals surface area contributed by atoms with Gasteiger partial charge in [0.2, 0.25) is 0 Å². The number of anilines is 4. The summed E-state index contributed by atoms with van der Waals surface area (Å²) in [6.45, 7) is 0. The van der Waals surface area contributed by atoms with Crippen molar-refractivity contribution in [3.63, 3.8) is 0 Å². The topological polar surface area (TPSA) is 251 Å². The van der Waals surface area contributed by atoms with Crippen molar-refractivity contribution in [2.75, 3.05) is 22.9 Å². The molecule has 9 rings (SSSR count). The highest BCUT2D eigenvalue weighted by Gasteiger charge is 2.75. The van der Waals surface area contributed by atoms with Gasteiger partial charge in [0.15, 0.2) is 0 Å². The van der Waals surface area contributed by atoms with E-state index in [1.165, 1.54) is 54.6 Å². The van der Waals surface area contributed by atoms with Gasteiger partial charge in [0.1, 0.15) is 51.6 Å². The van der Waals surface area contributed by atoms with Gasteiger partial charge in [0.05, 0.1) is 77.8 Å². The molecule has 8 aromatic rings. The first-order chi connectivity index (χ1) is 40.8. The van der Waals surface area contributed by atoms with Gasteiger partial charge in [-0.3, -0.25) is 25.2 Å². The molecule has 0 saturated carbocycles. The molecule has 0 fully saturated rings. The summed E-state index contributed by atoms with van der Waals surface area (Å²) in [5.74, 6) is -10.5. The van der Waals surface area contributed by atoms with Gasteiger partial charge < -0.3 is 42.3 Å². The molecule has 15 nitrogen and oxygen atoms in total. The van der Waals surface area contributed by atoms with Gasteiger partial charge in [0, 0.05) is 50.8 Å². The maximum atomic E-state index is 13.9. The van der Waals surface area contributed by atoms with Gasteiger partial charge in [-0.05, 0) is 103 Å². The van der Waals surface area contributed by atoms with E-state index in [0.29, 0.717) is 58.8 Å². The van der Waals surface area contributed by atoms with Crippen molar-refractivity contribution in [3.05, 3.63) is 212 Å². The van der Waals surface area contributed by atoms with Crippen LogP contribution in [0, 0.1) is 20.2 Å². The van der Waals surface area contributed by atoms with Gasteiger partial charge in [-0.15, -0.1) is 0 Å². The molecular formula is C53H31Cl13F7N7O8. The minimum absolute atomic E-state index is 0.00870. The zero-order chi connectivity index (χ0) is 66.1. The number of benzene rings is 8. The second-order valence-electron chi connectivity index (χ2n) is 17.0. The van der Waals surface area contributed by atoms with Crippen LogP contribution in [-0.4, -0.2) is 38.7 Å². The van der Waals surface area contributed by atoms with Crippen molar-refractivity contribution in [2.24, 2.45) is 4.99 Å². The molecule has 0 aromatic heterocycles. The van der Waals surface area contributed by atoms with Gasteiger partial charge in [-0.2, -0.15) is 30.7 Å². The lowest BCUT2D eigenvalue weighted by atomic mass is 10.0. The van der Waals surface area contributed by atoms with Crippen LogP contribution in [0.3, 0.4) is 0 Å². The van der Waals surface area contributed by atoms with E-state index >= 15 is 0 Å². The number of alkyl halides is 7. The molecule has 1 heterocycles. The average Bonchev–Trinajstić information content (AvgIpc) is 1.60. The number of nitrogen functional groups attached to an aromatic ring is 4. The second kappa shape index (κ2) is 30.6. The zero-order valence-electron chi connectivity index (χ0n) is 42.8. The molecule has 35 heteroatoms. The minimum Gasteiger partial charge on any atom is -0.506 e. The Labute approximate surface area is 556 Å². The Morgan fingerprint density at radius 3 is 1.16 bits per heavy atom. The lowest BCUT2D eigenvalue weighted by Crippen LogP contribution is -2.56. The molecule has 9 N–H and O–H groups in total. The van der Waals surface area contributed by atoms with Crippen LogP contribution in [0.4, 0.5) is 70.5 Å². The Bertz CT molecular complexity index is 3990. The standard InChI is InChI=1S/C17H7Cl3F7NO.C12H7Cl3N2O3.C12H9Cl3N2O.C6H4Cl2N2O2.C6H4Cl2O/c18-8-1-2-12(9(19)5-8)29-13-3-7-4-14(28-11(7)6-10(13)20)15(21,22)16(23,24)17(25,26)27;13-6-1-2-11(7(14)3-6)20-12-5-9(16)10(17(18)19)4-8(12)15;13-6-1-2-11(7(14)3-6)18-12-5-10(17)9(16)4-8(12)15;7-3-1-5(9)6(10(11)12)2-4(3)8;7-4-1-2-6(9)5(8)3-4/h1-3,5-6H,4H2;1-5H,16H2;1-5H,16-17H2;1-2H,9H2;1-3,9H. The summed E-state index contributed by atoms with van der Waals surface area (Å²) < 4.78 is 108. The van der Waals surface area contributed by atoms with E-state index in [-0.39, 0.29) is 92.2 Å². The largest absolute Gasteiger partial charge is 0.506 e. The van der Waals surface area contributed by atoms with Crippen LogP contribution in [0.25, 0.3) is 0 Å². The van der Waals surface area contributed by atoms with E-state index < -0.39 is 40.0 Å². The summed E-state index contributed by atoms with van der Waals surface area (Å²) in [4.78, 5) is 23.0. The van der Waals surface area contributed by atoms with Crippen molar-refractivity contribution in [1.29, 1.82) is 0 Å². The second-order valence-corrected chi connectivity index (χ2v) is 22.4. The number of hydrogen-bond acceptors (Lipinski definition) is 13. The summed E-state index contributed by atoms with van der Waals surface area (Å²) in [6, 6.07) is 28.2. The summed E-state index contributed by atoms with van der Waals surface area (Å²) in [7, 11) is 0. The van der Waals surface area contributed by atoms with Crippen molar-refractivity contribution in [1.82, 2.24) is 0 Å². The Balaban J connectivity index is 0.000000211. The zero-order valence-corrected chi connectivity index (χ0v) is 52.6. The van der Waals surface area contributed by atoms with E-state index in [9.17, 15) is 51.0 Å². The molecule has 0 unspecified atom stereocenters. The molecule has 0 spiro atoms. The van der Waals surface area contributed by atoms with E-state index in [1.54, 1.807) is 42.5 Å². The minimum atomic E-state index is -6.45. The lowest BCUT2D eigenvalue weighted by molar-refractivity contribution is -0.384. The molecule has 0 saturated heterocycles. The molecule has 0 bridgehead atoms. The van der Waals surface area contributed by atoms with E-state index in [2.05, 4.69) is 4.99 Å². The van der Waals surface area contributed by atoms with Crippen molar-refractivity contribution in [2.45, 2.75) is 24.4 Å². The lowest BCUT2D eigenvalue weighted by Gasteiger charge is -2.28. The fraction of sp³-hybridized carbons (Fsp3) is 0.0755. The molecular weight excluding hydrogens is 1460 g/mol. The Morgan fingerprint density at radius 1 is 0.420 bits per heavy atom. The highest BCUT2D eigenvalue weighted by Crippen LogP contribution is 2.51. The number of phenols is 1. The number of halogens is 20. The predicted octanol–water partition coefficient (Wildman–Crippen LogP) is 22.6. The molecule has 1 aliphatic heterocycles. The first-order valence-corrected chi connectivity index (χ1v) is 27.9. The number of aromatic hydroxyl groups is 1. The molecule has 0 amide bonds. The summed E-state index contributed by atoms with van der Waals surface area (Å²) in [6.07, 6.45) is -7.40. The van der Waals surface area contributed by atoms with Crippen LogP contribution < -0.4 is 37.1 Å². The maximum Gasteiger partial charge on any atom is 0.460 e. The third-order valence-corrected chi connectivity index (χ3v) is 14.5. The number of nitrogens with zero attached hydrogens (tertiary/aromatic N) is 3. The Hall–Kier alpha value is -6.09. The highest BCUT2D eigenvalue weighted by atomic mass is 35.5. The van der Waals surface area contributed by atoms with Crippen LogP contribution >= 0.6 is 151 Å². The third-order valence-electron chi connectivity index (χ3n) is 10.8. The maximum absolute atomic E-state index is 13.9. The predicted molar refractivity (Wildman–Crippen MR) is 336 cm³/mol. The number of phenolic OH excluding ortho intramolecular Hbond substituents is 1. The Morgan fingerprint density at radius 2 is 0.750 bits per heavy atom. The number of ether oxygens (including phenoxy) is 3. The normalized spacial score (nSPS) is 11.6. The molecule has 1 aliphatic rings. The first kappa shape index (κ1) is 72.7. The fourth-order valence-corrected chi connectivity index (χ4v) is 9.18. The van der Waals surface area contributed by atoms with Crippen LogP contribution in [-0.2, 0) is 6.42 Å². The summed E-state index contributed by atoms with van der Waals surface area (Å²) in [5.41, 5.74) is 20.4. The number of rotatable bonds is 10. The number of nitrogens with two attached hydrogens (primary N) is 4. The van der Waals surface area contributed by atoms with E-state index in [4.69, 9.17) is 193 Å². The number of nitro benzene ring substituents is 2. The van der Waals surface area contributed by atoms with Crippen molar-refractivity contribution >= 4 is 196 Å². The molecule has 88 heavy (non-hydrogen) atoms. The SMILES string of the molecule is FC(F)(F)C(F)(F)C(F)(F)C1=Nc2cc(Cl)c(Oc3ccc(Cl)cc3Cl)cc2C1.Nc1cc(Cl)c(Cl)cc1[N+](=O)[O-].Nc1cc(Cl)c(Oc2ccc(Cl)cc2Cl)cc1N.Nc1cc(Oc2ccc(Cl)cc2Cl)c(Cl)cc1[N+](=O)[O-].Oc1ccc(Cl)cc1Cl. The number of aliphatic imine (C=N–C) groups is 1. The number of fused-ring (bicyclic) bond motifs is 1. The van der Waals surface area contributed by atoms with Gasteiger partial charge in [0.25, 0.3) is 11.4 Å². The molecule has 0 atom stereocenters. The van der Waals surface area contributed by atoms with Crippen molar-refractivity contribution < 1.29 is 59.9 Å². The number of nitro groups is 2. The van der Waals surface area contributed by atoms with Crippen LogP contribution in [0.2, 0.25) is 65.3 Å². The van der Waals surface area contributed by atoms with E-state index in [1.807, 2.05) is 0 Å². The quantitative estimate of drug-likeness (QED) is 0.0371. The van der Waals surface area contributed by atoms with Crippen LogP contribution in [0.1, 0.15) is 5.56 Å². The fourth-order valence-electron chi connectivity index (χ4n) is 6.49. The summed E-state index contributed by atoms with van der Waals surface area (Å²) in [5, 5.41) is 33.3. The van der Waals surface area contributed by atoms with Crippen molar-refractivity contribution in [3.8, 4) is 40.2 Å². The van der Waals surface area contributed by atoms with Crippen LogP contribution in [0.15, 0.2) is 126 Å². The molecule has 466 valence electrons. The first-order valence-electron chi connectivity index (χ1n) is 23.0. The van der Waals surface area contributed by atoms with E-state index in [0.717, 1.165) is 24.3 Å². The van der Waals surface area contributed by atoms with Gasteiger partial charge >= 0.3 is 18.0 Å². The third kappa shape index (κ3) is 19.0. The Kier molecular flexibility index (Phi) is 25.3. The monoisotopic (exact) mass is 1480 g/mol. The summed E-state index contributed by atoms with van der Waals surface area (Å²) >= 11 is 75.3.